The van der Waals surface area contributed by atoms with E-state index in [1.54, 1.807) is 58.0 Å². The number of likely N-dealkylation sites (tertiary alicyclic amines) is 2. The van der Waals surface area contributed by atoms with Gasteiger partial charge >= 0.3 is 11.9 Å². The van der Waals surface area contributed by atoms with Gasteiger partial charge in [-0.1, -0.05) is 70.9 Å². The van der Waals surface area contributed by atoms with Crippen molar-refractivity contribution in [1.82, 2.24) is 52.3 Å². The number of rotatable bonds is 28. The lowest BCUT2D eigenvalue weighted by Gasteiger charge is -2.35. The minimum Gasteiger partial charge on any atom is -0.481 e. The van der Waals surface area contributed by atoms with Gasteiger partial charge < -0.3 is 72.8 Å². The first-order chi connectivity index (χ1) is 36.1. The summed E-state index contributed by atoms with van der Waals surface area (Å²) in [5.74, 6) is -11.4. The molecular formula is C50H76N10O15S. The van der Waals surface area contributed by atoms with Crippen LogP contribution in [0.1, 0.15) is 98.0 Å². The van der Waals surface area contributed by atoms with Crippen LogP contribution in [0.3, 0.4) is 0 Å². The molecule has 1 aromatic rings. The molecule has 0 spiro atoms. The molecular weight excluding hydrogens is 1010 g/mol. The smallest absolute Gasteiger partial charge is 0.326 e. The summed E-state index contributed by atoms with van der Waals surface area (Å²) in [5.41, 5.74) is 0.517. The molecule has 0 aromatic heterocycles. The van der Waals surface area contributed by atoms with E-state index in [1.165, 1.54) is 9.80 Å². The van der Waals surface area contributed by atoms with E-state index in [4.69, 9.17) is 0 Å². The zero-order valence-electron chi connectivity index (χ0n) is 43.6. The molecule has 3 heterocycles. The van der Waals surface area contributed by atoms with Gasteiger partial charge in [-0.05, 0) is 69.4 Å². The summed E-state index contributed by atoms with van der Waals surface area (Å²) in [6.07, 6.45) is 0.774. The summed E-state index contributed by atoms with van der Waals surface area (Å²) in [7, 11) is 0. The number of benzene rings is 1. The van der Waals surface area contributed by atoms with E-state index in [9.17, 15) is 73.2 Å². The van der Waals surface area contributed by atoms with Crippen LogP contribution in [0, 0.1) is 11.8 Å². The summed E-state index contributed by atoms with van der Waals surface area (Å²) < 4.78 is 0. The third-order valence-electron chi connectivity index (χ3n) is 14.2. The normalized spacial score (nSPS) is 21.2. The minimum absolute atomic E-state index is 0.141. The van der Waals surface area contributed by atoms with Crippen molar-refractivity contribution in [3.8, 4) is 0 Å². The van der Waals surface area contributed by atoms with E-state index in [-0.39, 0.29) is 44.0 Å². The number of aliphatic hydroxyl groups excluding tert-OH is 2. The van der Waals surface area contributed by atoms with Gasteiger partial charge in [0.2, 0.25) is 53.2 Å². The number of aliphatic hydroxyl groups is 2. The van der Waals surface area contributed by atoms with Crippen LogP contribution in [-0.2, 0) is 59.2 Å². The molecule has 3 fully saturated rings. The molecule has 0 radical (unpaired) electrons. The predicted molar refractivity (Wildman–Crippen MR) is 276 cm³/mol. The lowest BCUT2D eigenvalue weighted by molar-refractivity contribution is -0.149. The van der Waals surface area contributed by atoms with E-state index in [1.807, 2.05) is 0 Å². The van der Waals surface area contributed by atoms with Crippen molar-refractivity contribution >= 4 is 77.7 Å². The second kappa shape index (κ2) is 29.8. The molecule has 25 nitrogen and oxygen atoms in total. The third kappa shape index (κ3) is 17.1. The fourth-order valence-corrected chi connectivity index (χ4v) is 9.56. The maximum absolute atomic E-state index is 14.5. The van der Waals surface area contributed by atoms with Crippen molar-refractivity contribution in [3.63, 3.8) is 0 Å². The van der Waals surface area contributed by atoms with Crippen LogP contribution in [0.25, 0.3) is 0 Å². The van der Waals surface area contributed by atoms with Crippen LogP contribution < -0.4 is 42.5 Å². The SMILES string of the molecule is CC[C@H](C)[C@H](NC(=O)[C@@H]1CCCN1C(=O)[C@@H]1CCCN1C(=O)[C@@H](NC(=O)[C@H](CO)NC(=O)[C@H](Cc1ccccc1)NC(=O)[C@@H](NC(=O)[C@H](CS)NC(=O)[C@H](CC(=O)O)NC(=O)[C@@H]1CCCN1)[C@@H](C)O)[C@@H](C)CC)C(=O)O. The van der Waals surface area contributed by atoms with Crippen molar-refractivity contribution < 1.29 is 73.2 Å². The van der Waals surface area contributed by atoms with Crippen LogP contribution in [0.5, 0.6) is 0 Å². The molecule has 1 aromatic carbocycles. The lowest BCUT2D eigenvalue weighted by Crippen LogP contribution is -2.63. The first-order valence-corrected chi connectivity index (χ1v) is 26.5. The number of aliphatic carboxylic acids is 2. The van der Waals surface area contributed by atoms with E-state index in [0.717, 1.165) is 6.92 Å². The Morgan fingerprint density at radius 1 is 0.632 bits per heavy atom. The van der Waals surface area contributed by atoms with E-state index >= 15 is 0 Å². The van der Waals surface area contributed by atoms with Crippen LogP contribution >= 0.6 is 12.6 Å². The molecule has 0 aliphatic carbocycles. The lowest BCUT2D eigenvalue weighted by atomic mass is 9.96. The third-order valence-corrected chi connectivity index (χ3v) is 14.6. The van der Waals surface area contributed by atoms with Gasteiger partial charge in [-0.2, -0.15) is 12.6 Å². The number of amides is 9. The quantitative estimate of drug-likeness (QED) is 0.0380. The van der Waals surface area contributed by atoms with Gasteiger partial charge in [0.25, 0.3) is 0 Å². The molecule has 9 amide bonds. The number of thiol groups is 1. The minimum atomic E-state index is -1.78. The molecule has 422 valence electrons. The Morgan fingerprint density at radius 3 is 1.75 bits per heavy atom. The highest BCUT2D eigenvalue weighted by atomic mass is 32.1. The molecule has 3 aliphatic heterocycles. The second-order valence-corrected chi connectivity index (χ2v) is 20.1. The molecule has 13 atom stereocenters. The molecule has 0 saturated carbocycles. The zero-order chi connectivity index (χ0) is 56.4. The molecule has 3 aliphatic rings. The summed E-state index contributed by atoms with van der Waals surface area (Å²) >= 11 is 4.14. The Bertz CT molecular complexity index is 2240. The fraction of sp³-hybridized carbons (Fsp3) is 0.660. The maximum Gasteiger partial charge on any atom is 0.326 e. The number of carboxylic acid groups (broad SMARTS) is 2. The van der Waals surface area contributed by atoms with Crippen molar-refractivity contribution in [3.05, 3.63) is 35.9 Å². The summed E-state index contributed by atoms with van der Waals surface area (Å²) in [6.45, 7) is 8.04. The van der Waals surface area contributed by atoms with E-state index in [0.29, 0.717) is 50.6 Å². The molecule has 12 N–H and O–H groups in total. The molecule has 26 heteroatoms. The predicted octanol–water partition coefficient (Wildman–Crippen LogP) is -2.69. The highest BCUT2D eigenvalue weighted by Gasteiger charge is 2.45. The van der Waals surface area contributed by atoms with E-state index < -0.39 is 151 Å². The molecule has 0 bridgehead atoms. The fourth-order valence-electron chi connectivity index (χ4n) is 9.31. The van der Waals surface area contributed by atoms with Crippen molar-refractivity contribution in [2.75, 3.05) is 32.0 Å². The summed E-state index contributed by atoms with van der Waals surface area (Å²) in [4.78, 5) is 150. The van der Waals surface area contributed by atoms with Gasteiger partial charge in [-0.3, -0.25) is 47.9 Å². The van der Waals surface area contributed by atoms with Crippen molar-refractivity contribution in [2.45, 2.75) is 165 Å². The Balaban J connectivity index is 1.48. The van der Waals surface area contributed by atoms with Crippen molar-refractivity contribution in [1.29, 1.82) is 0 Å². The molecule has 4 rings (SSSR count). The van der Waals surface area contributed by atoms with Crippen molar-refractivity contribution in [2.24, 2.45) is 11.8 Å². The largest absolute Gasteiger partial charge is 0.481 e. The standard InChI is InChI=1S/C50H76N10O15S/c1-6-26(3)38(49(73)60-21-13-18-36(60)48(72)59-20-12-17-35(59)46(70)57-39(50(74)75)27(4)7-2)56-44(68)33(24-61)54-42(66)31(22-29-14-9-8-10-15-29)53-47(71)40(28(5)62)58-45(69)34(25-76)55-43(67)32(23-37(63)64)52-41(65)30-16-11-19-51-30/h8-10,14-15,26-28,30-36,38-40,51,61-62,76H,6-7,11-13,16-25H2,1-5H3,(H,52,65)(H,53,71)(H,54,66)(H,55,67)(H,56,68)(H,57,70)(H,58,69)(H,63,64)(H,74,75)/t26-,27-,28+,30-,31-,32-,33-,34-,35-,36-,38-,39-,40-/m0/s1. The number of carbonyl (C=O) groups excluding carboxylic acids is 9. The van der Waals surface area contributed by atoms with E-state index in [2.05, 4.69) is 55.2 Å². The zero-order valence-corrected chi connectivity index (χ0v) is 44.5. The van der Waals surface area contributed by atoms with Crippen LogP contribution in [-0.4, -0.2) is 194 Å². The highest BCUT2D eigenvalue weighted by molar-refractivity contribution is 7.80. The topological polar surface area (TPSA) is 371 Å². The molecule has 76 heavy (non-hydrogen) atoms. The van der Waals surface area contributed by atoms with Gasteiger partial charge in [0.1, 0.15) is 54.4 Å². The number of hydrogen-bond acceptors (Lipinski definition) is 15. The number of hydrogen-bond donors (Lipinski definition) is 13. The number of nitrogens with one attached hydrogen (secondary N) is 8. The number of carbonyl (C=O) groups is 11. The van der Waals surface area contributed by atoms with Gasteiger partial charge in [0.05, 0.1) is 25.2 Å². The number of nitrogens with zero attached hydrogens (tertiary/aromatic N) is 2. The first-order valence-electron chi connectivity index (χ1n) is 25.9. The molecule has 3 saturated heterocycles. The Morgan fingerprint density at radius 2 is 1.18 bits per heavy atom. The van der Waals surface area contributed by atoms with Gasteiger partial charge in [0.15, 0.2) is 0 Å². The maximum atomic E-state index is 14.5. The Labute approximate surface area is 446 Å². The molecule has 0 unspecified atom stereocenters. The summed E-state index contributed by atoms with van der Waals surface area (Å²) in [5, 5.41) is 60.7. The van der Waals surface area contributed by atoms with Gasteiger partial charge in [0, 0.05) is 25.3 Å². The average molecular weight is 1090 g/mol. The van der Waals surface area contributed by atoms with Gasteiger partial charge in [-0.15, -0.1) is 0 Å². The first kappa shape index (κ1) is 62.2. The number of carboxylic acids is 2. The average Bonchev–Trinajstić information content (AvgIpc) is 4.22. The van der Waals surface area contributed by atoms with Crippen LogP contribution in [0.15, 0.2) is 30.3 Å². The monoisotopic (exact) mass is 1090 g/mol. The Kier molecular flexibility index (Phi) is 24.4. The van der Waals surface area contributed by atoms with Crippen LogP contribution in [0.4, 0.5) is 0 Å². The Hall–Kier alpha value is -6.38. The van der Waals surface area contributed by atoms with Crippen LogP contribution in [0.2, 0.25) is 0 Å². The van der Waals surface area contributed by atoms with Gasteiger partial charge in [-0.25, -0.2) is 4.79 Å². The highest BCUT2D eigenvalue weighted by Crippen LogP contribution is 2.27. The summed E-state index contributed by atoms with van der Waals surface area (Å²) in [6, 6.07) is -4.88. The second-order valence-electron chi connectivity index (χ2n) is 19.7.